The number of hydrogen-bond acceptors (Lipinski definition) is 4. The van der Waals surface area contributed by atoms with Crippen molar-refractivity contribution in [2.45, 2.75) is 18.9 Å². The first-order chi connectivity index (χ1) is 11.1. The summed E-state index contributed by atoms with van der Waals surface area (Å²) >= 11 is 5.94. The van der Waals surface area contributed by atoms with Crippen LogP contribution in [0.5, 0.6) is 0 Å². The SMILES string of the molecule is O=C(NC1CCCN(c2ncccn2)C1)c1c(F)cccc1Cl. The topological polar surface area (TPSA) is 58.1 Å². The molecule has 1 aromatic carbocycles. The lowest BCUT2D eigenvalue weighted by Crippen LogP contribution is -2.48. The van der Waals surface area contributed by atoms with Gasteiger partial charge < -0.3 is 10.2 Å². The molecule has 1 N–H and O–H groups in total. The lowest BCUT2D eigenvalue weighted by Gasteiger charge is -2.33. The molecule has 3 rings (SSSR count). The van der Waals surface area contributed by atoms with Gasteiger partial charge in [-0.15, -0.1) is 0 Å². The van der Waals surface area contributed by atoms with E-state index in [9.17, 15) is 9.18 Å². The van der Waals surface area contributed by atoms with Gasteiger partial charge in [-0.3, -0.25) is 4.79 Å². The monoisotopic (exact) mass is 334 g/mol. The largest absolute Gasteiger partial charge is 0.347 e. The number of rotatable bonds is 3. The summed E-state index contributed by atoms with van der Waals surface area (Å²) < 4.78 is 13.8. The molecule has 23 heavy (non-hydrogen) atoms. The summed E-state index contributed by atoms with van der Waals surface area (Å²) in [5.74, 6) is -0.474. The van der Waals surface area contributed by atoms with Gasteiger partial charge >= 0.3 is 0 Å². The van der Waals surface area contributed by atoms with Crippen LogP contribution in [-0.2, 0) is 0 Å². The molecule has 1 aromatic heterocycles. The predicted molar refractivity (Wildman–Crippen MR) is 86.1 cm³/mol. The molecule has 1 aliphatic rings. The van der Waals surface area contributed by atoms with Crippen molar-refractivity contribution < 1.29 is 9.18 Å². The molecular weight excluding hydrogens is 319 g/mol. The summed E-state index contributed by atoms with van der Waals surface area (Å²) in [6.45, 7) is 1.42. The van der Waals surface area contributed by atoms with E-state index in [1.54, 1.807) is 18.5 Å². The van der Waals surface area contributed by atoms with Crippen molar-refractivity contribution in [3.8, 4) is 0 Å². The minimum atomic E-state index is -0.617. The molecular formula is C16H16ClFN4O. The third kappa shape index (κ3) is 3.59. The zero-order valence-corrected chi connectivity index (χ0v) is 13.1. The Hall–Kier alpha value is -2.21. The molecule has 1 saturated heterocycles. The molecule has 1 atom stereocenters. The lowest BCUT2D eigenvalue weighted by molar-refractivity contribution is 0.0929. The van der Waals surface area contributed by atoms with Crippen LogP contribution in [0.2, 0.25) is 5.02 Å². The van der Waals surface area contributed by atoms with Gasteiger partial charge in [0.25, 0.3) is 5.91 Å². The fourth-order valence-corrected chi connectivity index (χ4v) is 2.95. The third-order valence-corrected chi connectivity index (χ3v) is 4.10. The van der Waals surface area contributed by atoms with E-state index in [2.05, 4.69) is 15.3 Å². The van der Waals surface area contributed by atoms with E-state index in [1.807, 2.05) is 4.90 Å². The second-order valence-electron chi connectivity index (χ2n) is 5.40. The highest BCUT2D eigenvalue weighted by atomic mass is 35.5. The average molecular weight is 335 g/mol. The highest BCUT2D eigenvalue weighted by molar-refractivity contribution is 6.33. The quantitative estimate of drug-likeness (QED) is 0.937. The summed E-state index contributed by atoms with van der Waals surface area (Å²) in [5, 5.41) is 2.97. The maximum absolute atomic E-state index is 13.8. The zero-order valence-electron chi connectivity index (χ0n) is 12.4. The Morgan fingerprint density at radius 1 is 1.30 bits per heavy atom. The number of nitrogens with one attached hydrogen (secondary N) is 1. The Bertz CT molecular complexity index is 677. The highest BCUT2D eigenvalue weighted by Crippen LogP contribution is 2.20. The van der Waals surface area contributed by atoms with Crippen LogP contribution in [0, 0.1) is 5.82 Å². The summed E-state index contributed by atoms with van der Waals surface area (Å²) in [7, 11) is 0. The van der Waals surface area contributed by atoms with E-state index in [-0.39, 0.29) is 16.6 Å². The second-order valence-corrected chi connectivity index (χ2v) is 5.81. The van der Waals surface area contributed by atoms with Gasteiger partial charge in [-0.05, 0) is 31.0 Å². The van der Waals surface area contributed by atoms with E-state index in [4.69, 9.17) is 11.6 Å². The van der Waals surface area contributed by atoms with E-state index < -0.39 is 11.7 Å². The van der Waals surface area contributed by atoms with Crippen molar-refractivity contribution >= 4 is 23.5 Å². The number of aromatic nitrogens is 2. The molecule has 1 amide bonds. The van der Waals surface area contributed by atoms with Crippen molar-refractivity contribution in [1.82, 2.24) is 15.3 Å². The number of hydrogen-bond donors (Lipinski definition) is 1. The molecule has 0 radical (unpaired) electrons. The third-order valence-electron chi connectivity index (χ3n) is 3.78. The van der Waals surface area contributed by atoms with Crippen molar-refractivity contribution in [1.29, 1.82) is 0 Å². The first-order valence-electron chi connectivity index (χ1n) is 7.42. The molecule has 2 heterocycles. The fraction of sp³-hybridized carbons (Fsp3) is 0.312. The molecule has 0 saturated carbocycles. The summed E-state index contributed by atoms with van der Waals surface area (Å²) in [4.78, 5) is 22.8. The van der Waals surface area contributed by atoms with E-state index in [0.717, 1.165) is 19.4 Å². The van der Waals surface area contributed by atoms with Crippen LogP contribution in [-0.4, -0.2) is 35.0 Å². The normalized spacial score (nSPS) is 17.8. The molecule has 1 aliphatic heterocycles. The molecule has 7 heteroatoms. The number of anilines is 1. The van der Waals surface area contributed by atoms with Crippen LogP contribution in [0.3, 0.4) is 0 Å². The summed E-state index contributed by atoms with van der Waals surface area (Å²) in [5.41, 5.74) is -0.109. The van der Waals surface area contributed by atoms with Gasteiger partial charge in [-0.2, -0.15) is 0 Å². The molecule has 0 bridgehead atoms. The van der Waals surface area contributed by atoms with E-state index in [1.165, 1.54) is 18.2 Å². The molecule has 2 aromatic rings. The smallest absolute Gasteiger partial charge is 0.256 e. The van der Waals surface area contributed by atoms with Crippen LogP contribution < -0.4 is 10.2 Å². The zero-order chi connectivity index (χ0) is 16.2. The Morgan fingerprint density at radius 3 is 2.83 bits per heavy atom. The number of carbonyl (C=O) groups is 1. The Labute approximate surface area is 138 Å². The van der Waals surface area contributed by atoms with Crippen LogP contribution in [0.1, 0.15) is 23.2 Å². The van der Waals surface area contributed by atoms with Gasteiger partial charge in [0, 0.05) is 31.5 Å². The van der Waals surface area contributed by atoms with Crippen molar-refractivity contribution in [3.63, 3.8) is 0 Å². The maximum atomic E-state index is 13.8. The van der Waals surface area contributed by atoms with Gasteiger partial charge in [0.2, 0.25) is 5.95 Å². The number of nitrogens with zero attached hydrogens (tertiary/aromatic N) is 3. The first kappa shape index (κ1) is 15.7. The van der Waals surface area contributed by atoms with Gasteiger partial charge in [-0.1, -0.05) is 17.7 Å². The number of halogens is 2. The number of carbonyl (C=O) groups excluding carboxylic acids is 1. The maximum Gasteiger partial charge on any atom is 0.256 e. The van der Waals surface area contributed by atoms with E-state index in [0.29, 0.717) is 12.5 Å². The van der Waals surface area contributed by atoms with Crippen LogP contribution in [0.25, 0.3) is 0 Å². The van der Waals surface area contributed by atoms with Crippen molar-refractivity contribution in [3.05, 3.63) is 53.1 Å². The number of amides is 1. The van der Waals surface area contributed by atoms with Crippen LogP contribution >= 0.6 is 11.6 Å². The van der Waals surface area contributed by atoms with Crippen molar-refractivity contribution in [2.24, 2.45) is 0 Å². The standard InChI is InChI=1S/C16H16ClFN4O/c17-12-5-1-6-13(18)14(12)15(23)21-11-4-2-9-22(10-11)16-19-7-3-8-20-16/h1,3,5-8,11H,2,4,9-10H2,(H,21,23). The predicted octanol–water partition coefficient (Wildman–Crippen LogP) is 2.67. The van der Waals surface area contributed by atoms with Crippen LogP contribution in [0.4, 0.5) is 10.3 Å². The Morgan fingerprint density at radius 2 is 2.09 bits per heavy atom. The molecule has 1 unspecified atom stereocenters. The Balaban J connectivity index is 1.69. The fourth-order valence-electron chi connectivity index (χ4n) is 2.70. The minimum Gasteiger partial charge on any atom is -0.347 e. The average Bonchev–Trinajstić information content (AvgIpc) is 2.56. The second kappa shape index (κ2) is 6.91. The van der Waals surface area contributed by atoms with Gasteiger partial charge in [0.15, 0.2) is 0 Å². The lowest BCUT2D eigenvalue weighted by atomic mass is 10.1. The molecule has 5 nitrogen and oxygen atoms in total. The van der Waals surface area contributed by atoms with Gasteiger partial charge in [0.05, 0.1) is 10.6 Å². The summed E-state index contributed by atoms with van der Waals surface area (Å²) in [6, 6.07) is 5.86. The molecule has 0 spiro atoms. The first-order valence-corrected chi connectivity index (χ1v) is 7.80. The van der Waals surface area contributed by atoms with Crippen molar-refractivity contribution in [2.75, 3.05) is 18.0 Å². The Kier molecular flexibility index (Phi) is 4.71. The molecule has 0 aliphatic carbocycles. The minimum absolute atomic E-state index is 0.101. The molecule has 1 fully saturated rings. The van der Waals surface area contributed by atoms with E-state index >= 15 is 0 Å². The molecule has 120 valence electrons. The van der Waals surface area contributed by atoms with Gasteiger partial charge in [0.1, 0.15) is 5.82 Å². The van der Waals surface area contributed by atoms with Gasteiger partial charge in [-0.25, -0.2) is 14.4 Å². The number of piperidine rings is 1. The highest BCUT2D eigenvalue weighted by Gasteiger charge is 2.25. The number of benzene rings is 1. The van der Waals surface area contributed by atoms with Crippen LogP contribution in [0.15, 0.2) is 36.7 Å². The summed E-state index contributed by atoms with van der Waals surface area (Å²) in [6.07, 6.45) is 5.09.